The fourth-order valence-corrected chi connectivity index (χ4v) is 5.52. The summed E-state index contributed by atoms with van der Waals surface area (Å²) in [6.07, 6.45) is 4.08. The second-order valence-corrected chi connectivity index (χ2v) is 10.4. The van der Waals surface area contributed by atoms with Crippen molar-refractivity contribution in [2.45, 2.75) is 32.9 Å². The summed E-state index contributed by atoms with van der Waals surface area (Å²) in [5.41, 5.74) is 12.3. The molecule has 1 saturated heterocycles. The van der Waals surface area contributed by atoms with Gasteiger partial charge < -0.3 is 10.2 Å². The van der Waals surface area contributed by atoms with E-state index in [0.29, 0.717) is 37.4 Å². The molecule has 1 aromatic carbocycles. The van der Waals surface area contributed by atoms with Crippen molar-refractivity contribution in [3.05, 3.63) is 94.4 Å². The summed E-state index contributed by atoms with van der Waals surface area (Å²) in [4.78, 5) is 39.9. The van der Waals surface area contributed by atoms with E-state index in [1.165, 1.54) is 9.08 Å². The third kappa shape index (κ3) is 5.19. The second kappa shape index (κ2) is 10.9. The smallest absolute Gasteiger partial charge is 0.337 e. The Labute approximate surface area is 236 Å². The SMILES string of the molecule is Cc1cc(-c2c(-c3ccccc3)[nH+]c(N)n3c(=O)n(CCNC4CCN(C(=O)c5cccnc5)C4)nc23)cc(C)n1. The first-order valence-electron chi connectivity index (χ1n) is 13.7. The first kappa shape index (κ1) is 26.3. The first-order valence-corrected chi connectivity index (χ1v) is 13.7. The Morgan fingerprint density at radius 1 is 1.10 bits per heavy atom. The number of aromatic nitrogens is 6. The molecule has 4 aromatic heterocycles. The summed E-state index contributed by atoms with van der Waals surface area (Å²) in [5, 5.41) is 8.26. The van der Waals surface area contributed by atoms with Gasteiger partial charge in [-0.3, -0.25) is 20.5 Å². The second-order valence-electron chi connectivity index (χ2n) is 10.4. The van der Waals surface area contributed by atoms with Crippen LogP contribution in [0.25, 0.3) is 28.0 Å². The minimum absolute atomic E-state index is 0.0194. The number of aryl methyl sites for hydroxylation is 2. The van der Waals surface area contributed by atoms with Gasteiger partial charge in [0.2, 0.25) is 5.65 Å². The number of aromatic amines is 1. The highest BCUT2D eigenvalue weighted by molar-refractivity contribution is 5.94. The van der Waals surface area contributed by atoms with Crippen LogP contribution in [0.2, 0.25) is 0 Å². The number of nitrogen functional groups attached to an aromatic ring is 1. The molecular formula is C30H32N9O2+. The molecule has 1 atom stereocenters. The Hall–Kier alpha value is -4.90. The molecule has 0 bridgehead atoms. The molecule has 5 aromatic rings. The number of nitrogens with zero attached hydrogens (tertiary/aromatic N) is 6. The summed E-state index contributed by atoms with van der Waals surface area (Å²) in [6.45, 7) is 6.02. The summed E-state index contributed by atoms with van der Waals surface area (Å²) < 4.78 is 2.87. The van der Waals surface area contributed by atoms with Gasteiger partial charge in [-0.25, -0.2) is 9.78 Å². The van der Waals surface area contributed by atoms with Gasteiger partial charge in [-0.05, 0) is 50.1 Å². The molecule has 1 amide bonds. The Balaban J connectivity index is 1.28. The Bertz CT molecular complexity index is 1760. The Kier molecular flexibility index (Phi) is 7.02. The molecule has 1 aliphatic heterocycles. The van der Waals surface area contributed by atoms with Crippen LogP contribution in [0.15, 0.2) is 71.8 Å². The number of fused-ring (bicyclic) bond motifs is 1. The van der Waals surface area contributed by atoms with Crippen LogP contribution < -0.4 is 21.7 Å². The van der Waals surface area contributed by atoms with Gasteiger partial charge in [0.1, 0.15) is 5.69 Å². The average Bonchev–Trinajstić information content (AvgIpc) is 3.58. The van der Waals surface area contributed by atoms with Crippen molar-refractivity contribution in [2.75, 3.05) is 25.4 Å². The number of likely N-dealkylation sites (tertiary alicyclic amines) is 1. The van der Waals surface area contributed by atoms with E-state index in [-0.39, 0.29) is 23.6 Å². The number of carbonyl (C=O) groups excluding carboxylic acids is 1. The zero-order valence-electron chi connectivity index (χ0n) is 23.0. The highest BCUT2D eigenvalue weighted by Gasteiger charge is 2.28. The molecule has 0 saturated carbocycles. The molecular weight excluding hydrogens is 518 g/mol. The number of rotatable bonds is 7. The molecule has 1 aliphatic rings. The summed E-state index contributed by atoms with van der Waals surface area (Å²) >= 11 is 0. The van der Waals surface area contributed by atoms with E-state index in [9.17, 15) is 9.59 Å². The van der Waals surface area contributed by atoms with E-state index in [2.05, 4.69) is 20.3 Å². The number of H-pyrrole nitrogens is 1. The zero-order chi connectivity index (χ0) is 28.5. The molecule has 11 nitrogen and oxygen atoms in total. The van der Waals surface area contributed by atoms with Crippen molar-refractivity contribution >= 4 is 17.5 Å². The number of nitrogens with two attached hydrogens (primary N) is 1. The Morgan fingerprint density at radius 3 is 2.61 bits per heavy atom. The number of amides is 1. The monoisotopic (exact) mass is 550 g/mol. The maximum absolute atomic E-state index is 13.5. The van der Waals surface area contributed by atoms with E-state index < -0.39 is 0 Å². The van der Waals surface area contributed by atoms with E-state index in [4.69, 9.17) is 10.8 Å². The van der Waals surface area contributed by atoms with Crippen molar-refractivity contribution in [1.29, 1.82) is 0 Å². The average molecular weight is 551 g/mol. The van der Waals surface area contributed by atoms with E-state index >= 15 is 0 Å². The van der Waals surface area contributed by atoms with E-state index in [1.807, 2.05) is 61.2 Å². The molecule has 41 heavy (non-hydrogen) atoms. The number of carbonyl (C=O) groups is 1. The van der Waals surface area contributed by atoms with Crippen molar-refractivity contribution in [3.8, 4) is 22.4 Å². The minimum atomic E-state index is -0.321. The van der Waals surface area contributed by atoms with Gasteiger partial charge in [0.05, 0.1) is 17.7 Å². The lowest BCUT2D eigenvalue weighted by Crippen LogP contribution is -2.37. The zero-order valence-corrected chi connectivity index (χ0v) is 23.0. The van der Waals surface area contributed by atoms with Crippen LogP contribution in [0.4, 0.5) is 5.95 Å². The largest absolute Gasteiger partial charge is 0.411 e. The van der Waals surface area contributed by atoms with Gasteiger partial charge in [-0.15, -0.1) is 9.50 Å². The molecule has 1 fully saturated rings. The summed E-state index contributed by atoms with van der Waals surface area (Å²) in [6, 6.07) is 17.5. The number of hydrogen-bond donors (Lipinski definition) is 2. The van der Waals surface area contributed by atoms with Crippen molar-refractivity contribution < 1.29 is 9.78 Å². The topological polar surface area (TPSA) is 138 Å². The first-order chi connectivity index (χ1) is 19.9. The van der Waals surface area contributed by atoms with Gasteiger partial charge in [-0.2, -0.15) is 4.68 Å². The lowest BCUT2D eigenvalue weighted by atomic mass is 9.99. The normalized spacial score (nSPS) is 15.1. The minimum Gasteiger partial charge on any atom is -0.337 e. The number of benzene rings is 1. The molecule has 1 unspecified atom stereocenters. The van der Waals surface area contributed by atoms with Crippen LogP contribution in [-0.4, -0.2) is 60.6 Å². The van der Waals surface area contributed by atoms with Crippen LogP contribution in [-0.2, 0) is 6.54 Å². The van der Waals surface area contributed by atoms with Crippen LogP contribution >= 0.6 is 0 Å². The third-order valence-corrected chi connectivity index (χ3v) is 7.38. The highest BCUT2D eigenvalue weighted by atomic mass is 16.2. The van der Waals surface area contributed by atoms with E-state index in [1.54, 1.807) is 24.5 Å². The van der Waals surface area contributed by atoms with Crippen LogP contribution in [0.3, 0.4) is 0 Å². The third-order valence-electron chi connectivity index (χ3n) is 7.38. The van der Waals surface area contributed by atoms with Gasteiger partial charge in [0.25, 0.3) is 5.91 Å². The standard InChI is InChI=1S/C30H31N9O2/c1-19-15-23(16-20(2)34-19)25-26(21-7-4-3-5-8-21)35-29(31)39-27(25)36-38(30(39)41)14-12-33-24-10-13-37(18-24)28(40)22-9-6-11-32-17-22/h3-9,11,15-17,24,33H,10,12-14,18H2,1-2H3,(H2,31,35)/p+1. The number of pyridine rings is 2. The predicted octanol–water partition coefficient (Wildman–Crippen LogP) is 2.14. The number of nitrogens with one attached hydrogen (secondary N) is 2. The molecule has 0 radical (unpaired) electrons. The lowest BCUT2D eigenvalue weighted by Gasteiger charge is -2.17. The van der Waals surface area contributed by atoms with Crippen molar-refractivity contribution in [3.63, 3.8) is 0 Å². The highest BCUT2D eigenvalue weighted by Crippen LogP contribution is 2.32. The predicted molar refractivity (Wildman–Crippen MR) is 155 cm³/mol. The molecule has 208 valence electrons. The lowest BCUT2D eigenvalue weighted by molar-refractivity contribution is -0.351. The quantitative estimate of drug-likeness (QED) is 0.317. The maximum atomic E-state index is 13.5. The fraction of sp³-hybridized carbons (Fsp3) is 0.267. The van der Waals surface area contributed by atoms with Crippen LogP contribution in [0.1, 0.15) is 28.2 Å². The molecule has 0 aliphatic carbocycles. The summed E-state index contributed by atoms with van der Waals surface area (Å²) in [7, 11) is 0. The van der Waals surface area contributed by atoms with E-state index in [0.717, 1.165) is 40.2 Å². The van der Waals surface area contributed by atoms with Crippen molar-refractivity contribution in [2.24, 2.45) is 0 Å². The Morgan fingerprint density at radius 2 is 1.88 bits per heavy atom. The van der Waals surface area contributed by atoms with Crippen molar-refractivity contribution in [1.82, 2.24) is 34.4 Å². The van der Waals surface area contributed by atoms with Gasteiger partial charge >= 0.3 is 11.6 Å². The van der Waals surface area contributed by atoms with Gasteiger partial charge in [0.15, 0.2) is 0 Å². The summed E-state index contributed by atoms with van der Waals surface area (Å²) in [5.74, 6) is 0.184. The fourth-order valence-electron chi connectivity index (χ4n) is 5.52. The number of hydrogen-bond acceptors (Lipinski definition) is 7. The molecule has 4 N–H and O–H groups in total. The maximum Gasteiger partial charge on any atom is 0.411 e. The number of anilines is 1. The van der Waals surface area contributed by atoms with Crippen LogP contribution in [0.5, 0.6) is 0 Å². The van der Waals surface area contributed by atoms with Crippen LogP contribution in [0, 0.1) is 13.8 Å². The van der Waals surface area contributed by atoms with Gasteiger partial charge in [0, 0.05) is 55.0 Å². The molecule has 6 rings (SSSR count). The molecule has 0 spiro atoms. The van der Waals surface area contributed by atoms with Gasteiger partial charge in [-0.1, -0.05) is 30.3 Å². The molecule has 5 heterocycles. The molecule has 11 heteroatoms.